The summed E-state index contributed by atoms with van der Waals surface area (Å²) in [5.74, 6) is 0. The zero-order chi connectivity index (χ0) is 9.26. The predicted molar refractivity (Wildman–Crippen MR) is 48.2 cm³/mol. The van der Waals surface area contributed by atoms with Crippen molar-refractivity contribution in [3.8, 4) is 0 Å². The van der Waals surface area contributed by atoms with E-state index >= 15 is 0 Å². The minimum atomic E-state index is -0.318. The lowest BCUT2D eigenvalue weighted by Gasteiger charge is -2.04. The summed E-state index contributed by atoms with van der Waals surface area (Å²) in [6.45, 7) is -0.318. The number of aromatic nitrogens is 2. The van der Waals surface area contributed by atoms with Crippen molar-refractivity contribution in [3.05, 3.63) is 40.8 Å². The van der Waals surface area contributed by atoms with Gasteiger partial charge in [0.1, 0.15) is 6.73 Å². The van der Waals surface area contributed by atoms with Gasteiger partial charge in [-0.1, -0.05) is 12.1 Å². The Bertz CT molecular complexity index is 490. The standard InChI is InChI=1S/C9H8N2O2/c12-6-11-8-4-2-1-3-7(8)10-5-9(11)13/h1-5,12H,6H2. The smallest absolute Gasteiger partial charge is 0.271 e. The molecule has 2 rings (SSSR count). The molecular formula is C9H8N2O2. The van der Waals surface area contributed by atoms with Crippen LogP contribution in [0.4, 0.5) is 0 Å². The maximum absolute atomic E-state index is 11.2. The van der Waals surface area contributed by atoms with Gasteiger partial charge in [0.25, 0.3) is 5.56 Å². The van der Waals surface area contributed by atoms with Gasteiger partial charge in [-0.2, -0.15) is 0 Å². The molecule has 1 heterocycles. The van der Waals surface area contributed by atoms with Crippen LogP contribution >= 0.6 is 0 Å². The number of hydrogen-bond donors (Lipinski definition) is 1. The summed E-state index contributed by atoms with van der Waals surface area (Å²) in [5, 5.41) is 8.95. The van der Waals surface area contributed by atoms with Crippen LogP contribution in [0, 0.1) is 0 Å². The summed E-state index contributed by atoms with van der Waals surface area (Å²) in [4.78, 5) is 15.1. The number of aliphatic hydroxyl groups is 1. The number of aliphatic hydroxyl groups excluding tert-OH is 1. The molecule has 4 nitrogen and oxygen atoms in total. The first-order valence-corrected chi connectivity index (χ1v) is 3.88. The molecule has 4 heteroatoms. The number of benzene rings is 1. The molecule has 13 heavy (non-hydrogen) atoms. The van der Waals surface area contributed by atoms with Gasteiger partial charge in [0.2, 0.25) is 0 Å². The highest BCUT2D eigenvalue weighted by atomic mass is 16.3. The van der Waals surface area contributed by atoms with Gasteiger partial charge in [-0.25, -0.2) is 4.98 Å². The topological polar surface area (TPSA) is 55.1 Å². The third-order valence-electron chi connectivity index (χ3n) is 1.89. The van der Waals surface area contributed by atoms with E-state index in [0.717, 1.165) is 0 Å². The first-order chi connectivity index (χ1) is 6.33. The van der Waals surface area contributed by atoms with Crippen molar-refractivity contribution in [2.24, 2.45) is 0 Å². The van der Waals surface area contributed by atoms with Crippen LogP contribution in [0.3, 0.4) is 0 Å². The van der Waals surface area contributed by atoms with Crippen molar-refractivity contribution in [2.75, 3.05) is 0 Å². The lowest BCUT2D eigenvalue weighted by molar-refractivity contribution is 0.211. The molecular weight excluding hydrogens is 168 g/mol. The highest BCUT2D eigenvalue weighted by molar-refractivity contribution is 5.73. The van der Waals surface area contributed by atoms with E-state index in [1.807, 2.05) is 6.07 Å². The van der Waals surface area contributed by atoms with Crippen molar-refractivity contribution in [3.63, 3.8) is 0 Å². The minimum absolute atomic E-state index is 0.291. The second-order valence-electron chi connectivity index (χ2n) is 2.65. The number of hydrogen-bond acceptors (Lipinski definition) is 3. The Balaban J connectivity index is 2.92. The van der Waals surface area contributed by atoms with E-state index in [1.165, 1.54) is 10.8 Å². The van der Waals surface area contributed by atoms with Gasteiger partial charge >= 0.3 is 0 Å². The Labute approximate surface area is 74.1 Å². The van der Waals surface area contributed by atoms with Crippen LogP contribution in [0.1, 0.15) is 0 Å². The average molecular weight is 176 g/mol. The molecule has 66 valence electrons. The van der Waals surface area contributed by atoms with Gasteiger partial charge in [-0.05, 0) is 12.1 Å². The van der Waals surface area contributed by atoms with E-state index in [2.05, 4.69) is 4.98 Å². The molecule has 1 aromatic carbocycles. The van der Waals surface area contributed by atoms with Gasteiger partial charge in [0, 0.05) is 0 Å². The quantitative estimate of drug-likeness (QED) is 0.682. The first kappa shape index (κ1) is 7.94. The zero-order valence-corrected chi connectivity index (χ0v) is 6.84. The van der Waals surface area contributed by atoms with Crippen molar-refractivity contribution in [1.82, 2.24) is 9.55 Å². The highest BCUT2D eigenvalue weighted by Gasteiger charge is 2.00. The summed E-state index contributed by atoms with van der Waals surface area (Å²) in [6.07, 6.45) is 1.21. The van der Waals surface area contributed by atoms with Crippen LogP contribution in [0.2, 0.25) is 0 Å². The minimum Gasteiger partial charge on any atom is -0.376 e. The lowest BCUT2D eigenvalue weighted by Crippen LogP contribution is -2.20. The summed E-state index contributed by atoms with van der Waals surface area (Å²) in [7, 11) is 0. The van der Waals surface area contributed by atoms with Gasteiger partial charge < -0.3 is 5.11 Å². The summed E-state index contributed by atoms with van der Waals surface area (Å²) >= 11 is 0. The second-order valence-corrected chi connectivity index (χ2v) is 2.65. The predicted octanol–water partition coefficient (Wildman–Crippen LogP) is 0.346. The fourth-order valence-electron chi connectivity index (χ4n) is 1.26. The number of para-hydroxylation sites is 2. The van der Waals surface area contributed by atoms with Crippen molar-refractivity contribution in [1.29, 1.82) is 0 Å². The maximum atomic E-state index is 11.2. The molecule has 0 saturated heterocycles. The molecule has 0 unspecified atom stereocenters. The lowest BCUT2D eigenvalue weighted by atomic mass is 10.3. The van der Waals surface area contributed by atoms with Crippen molar-refractivity contribution < 1.29 is 5.11 Å². The molecule has 0 amide bonds. The second kappa shape index (κ2) is 2.99. The van der Waals surface area contributed by atoms with E-state index < -0.39 is 0 Å². The van der Waals surface area contributed by atoms with E-state index in [1.54, 1.807) is 18.2 Å². The van der Waals surface area contributed by atoms with Gasteiger partial charge in [0.15, 0.2) is 0 Å². The Hall–Kier alpha value is -1.68. The zero-order valence-electron chi connectivity index (χ0n) is 6.84. The monoisotopic (exact) mass is 176 g/mol. The number of fused-ring (bicyclic) bond motifs is 1. The Morgan fingerprint density at radius 2 is 2.15 bits per heavy atom. The SMILES string of the molecule is O=c1cnc2ccccc2n1CO. The van der Waals surface area contributed by atoms with Gasteiger partial charge in [0.05, 0.1) is 17.2 Å². The van der Waals surface area contributed by atoms with Crippen LogP contribution in [-0.2, 0) is 6.73 Å². The molecule has 1 N–H and O–H groups in total. The van der Waals surface area contributed by atoms with Crippen LogP contribution in [0.25, 0.3) is 11.0 Å². The molecule has 0 atom stereocenters. The largest absolute Gasteiger partial charge is 0.376 e. The maximum Gasteiger partial charge on any atom is 0.271 e. The molecule has 0 spiro atoms. The molecule has 0 saturated carbocycles. The van der Waals surface area contributed by atoms with E-state index in [-0.39, 0.29) is 12.3 Å². The molecule has 2 aromatic rings. The average Bonchev–Trinajstić information content (AvgIpc) is 2.18. The molecule has 0 aliphatic heterocycles. The third kappa shape index (κ3) is 1.21. The van der Waals surface area contributed by atoms with Crippen LogP contribution in [0.5, 0.6) is 0 Å². The molecule has 0 radical (unpaired) electrons. The Morgan fingerprint density at radius 3 is 2.92 bits per heavy atom. The molecule has 0 aliphatic carbocycles. The summed E-state index contributed by atoms with van der Waals surface area (Å²) in [5.41, 5.74) is 1.06. The molecule has 0 aliphatic rings. The highest BCUT2D eigenvalue weighted by Crippen LogP contribution is 2.06. The first-order valence-electron chi connectivity index (χ1n) is 3.88. The fourth-order valence-corrected chi connectivity index (χ4v) is 1.26. The van der Waals surface area contributed by atoms with E-state index in [9.17, 15) is 4.79 Å². The van der Waals surface area contributed by atoms with Crippen LogP contribution in [-0.4, -0.2) is 14.7 Å². The van der Waals surface area contributed by atoms with Crippen LogP contribution < -0.4 is 5.56 Å². The van der Waals surface area contributed by atoms with Crippen molar-refractivity contribution in [2.45, 2.75) is 6.73 Å². The van der Waals surface area contributed by atoms with Crippen molar-refractivity contribution >= 4 is 11.0 Å². The van der Waals surface area contributed by atoms with E-state index in [4.69, 9.17) is 5.11 Å². The number of rotatable bonds is 1. The van der Waals surface area contributed by atoms with Gasteiger partial charge in [-0.15, -0.1) is 0 Å². The van der Waals surface area contributed by atoms with Gasteiger partial charge in [-0.3, -0.25) is 9.36 Å². The Kier molecular flexibility index (Phi) is 1.83. The van der Waals surface area contributed by atoms with E-state index in [0.29, 0.717) is 11.0 Å². The Morgan fingerprint density at radius 1 is 1.38 bits per heavy atom. The molecule has 0 fully saturated rings. The normalized spacial score (nSPS) is 10.5. The number of nitrogens with zero attached hydrogens (tertiary/aromatic N) is 2. The van der Waals surface area contributed by atoms with Crippen LogP contribution in [0.15, 0.2) is 35.3 Å². The summed E-state index contributed by atoms with van der Waals surface area (Å²) < 4.78 is 1.27. The molecule has 0 bridgehead atoms. The fraction of sp³-hybridized carbons (Fsp3) is 0.111. The summed E-state index contributed by atoms with van der Waals surface area (Å²) in [6, 6.07) is 7.18. The molecule has 1 aromatic heterocycles. The third-order valence-corrected chi connectivity index (χ3v) is 1.89.